The van der Waals surface area contributed by atoms with Gasteiger partial charge in [-0.15, -0.1) is 0 Å². The molecule has 0 atom stereocenters. The summed E-state index contributed by atoms with van der Waals surface area (Å²) in [7, 11) is 3.82. The summed E-state index contributed by atoms with van der Waals surface area (Å²) in [5.41, 5.74) is 2.29. The van der Waals surface area contributed by atoms with Crippen molar-refractivity contribution in [3.63, 3.8) is 0 Å². The molecule has 0 aromatic rings. The van der Waals surface area contributed by atoms with Crippen LogP contribution >= 0.6 is 0 Å². The Morgan fingerprint density at radius 1 is 1.20 bits per heavy atom. The molecule has 0 aromatic carbocycles. The van der Waals surface area contributed by atoms with E-state index >= 15 is 0 Å². The van der Waals surface area contributed by atoms with Crippen molar-refractivity contribution in [3.05, 3.63) is 23.5 Å². The Morgan fingerprint density at radius 3 is 2.10 bits per heavy atom. The van der Waals surface area contributed by atoms with Crippen LogP contribution in [0, 0.1) is 0 Å². The van der Waals surface area contributed by atoms with Crippen LogP contribution in [0.25, 0.3) is 0 Å². The van der Waals surface area contributed by atoms with Crippen LogP contribution in [0.3, 0.4) is 0 Å². The predicted molar refractivity (Wildman–Crippen MR) is 45.6 cm³/mol. The number of hydrogen-bond acceptors (Lipinski definition) is 2. The van der Waals surface area contributed by atoms with Gasteiger partial charge in [0.25, 0.3) is 0 Å². The second-order valence-corrected chi connectivity index (χ2v) is 2.07. The van der Waals surface area contributed by atoms with E-state index in [1.54, 1.807) is 0 Å². The van der Waals surface area contributed by atoms with Gasteiger partial charge in [0.2, 0.25) is 0 Å². The van der Waals surface area contributed by atoms with Gasteiger partial charge in [-0.3, -0.25) is 0 Å². The maximum atomic E-state index is 3.06. The van der Waals surface area contributed by atoms with E-state index in [2.05, 4.69) is 16.7 Å². The highest BCUT2D eigenvalue weighted by molar-refractivity contribution is 5.18. The summed E-state index contributed by atoms with van der Waals surface area (Å²) in [5.74, 6) is 0. The van der Waals surface area contributed by atoms with Crippen molar-refractivity contribution in [2.45, 2.75) is 13.8 Å². The number of rotatable bonds is 3. The molecule has 0 saturated carbocycles. The second-order valence-electron chi connectivity index (χ2n) is 2.07. The van der Waals surface area contributed by atoms with Gasteiger partial charge < -0.3 is 10.6 Å². The van der Waals surface area contributed by atoms with Crippen LogP contribution in [-0.2, 0) is 0 Å². The quantitative estimate of drug-likeness (QED) is 0.576. The van der Waals surface area contributed by atoms with Crippen LogP contribution in [0.5, 0.6) is 0 Å². The van der Waals surface area contributed by atoms with Crippen molar-refractivity contribution in [2.24, 2.45) is 0 Å². The minimum Gasteiger partial charge on any atom is -0.392 e. The highest BCUT2D eigenvalue weighted by Gasteiger charge is 1.85. The molecular formula is C8H16N2. The fraction of sp³-hybridized carbons (Fsp3) is 0.500. The van der Waals surface area contributed by atoms with Gasteiger partial charge in [-0.2, -0.15) is 0 Å². The van der Waals surface area contributed by atoms with Crippen LogP contribution < -0.4 is 10.6 Å². The fourth-order valence-corrected chi connectivity index (χ4v) is 0.605. The van der Waals surface area contributed by atoms with E-state index in [9.17, 15) is 0 Å². The topological polar surface area (TPSA) is 24.1 Å². The molecule has 0 aromatic heterocycles. The summed E-state index contributed by atoms with van der Waals surface area (Å²) in [6.07, 6.45) is 4.08. The molecule has 10 heavy (non-hydrogen) atoms. The molecule has 0 unspecified atom stereocenters. The van der Waals surface area contributed by atoms with E-state index in [1.165, 1.54) is 0 Å². The van der Waals surface area contributed by atoms with Crippen molar-refractivity contribution >= 4 is 0 Å². The zero-order valence-electron chi connectivity index (χ0n) is 7.15. The molecule has 0 rings (SSSR count). The van der Waals surface area contributed by atoms with Crippen molar-refractivity contribution in [2.75, 3.05) is 14.1 Å². The zero-order valence-corrected chi connectivity index (χ0v) is 7.15. The van der Waals surface area contributed by atoms with Crippen molar-refractivity contribution in [1.29, 1.82) is 0 Å². The van der Waals surface area contributed by atoms with Gasteiger partial charge in [-0.25, -0.2) is 0 Å². The molecule has 0 spiro atoms. The molecule has 0 aliphatic carbocycles. The van der Waals surface area contributed by atoms with Gasteiger partial charge in [-0.05, 0) is 19.9 Å². The van der Waals surface area contributed by atoms with Crippen molar-refractivity contribution in [1.82, 2.24) is 10.6 Å². The van der Waals surface area contributed by atoms with Gasteiger partial charge in [0.15, 0.2) is 0 Å². The monoisotopic (exact) mass is 140 g/mol. The molecule has 2 N–H and O–H groups in total. The third kappa shape index (κ3) is 3.17. The molecule has 0 aliphatic heterocycles. The molecule has 58 valence electrons. The number of likely N-dealkylation sites (N-methyl/N-ethyl adjacent to an activating group) is 1. The van der Waals surface area contributed by atoms with E-state index < -0.39 is 0 Å². The summed E-state index contributed by atoms with van der Waals surface area (Å²) in [6.45, 7) is 4.03. The first kappa shape index (κ1) is 9.08. The maximum absolute atomic E-state index is 3.06. The first-order chi connectivity index (χ1) is 4.74. The Kier molecular flexibility index (Phi) is 4.46. The lowest BCUT2D eigenvalue weighted by molar-refractivity contribution is 0.958. The van der Waals surface area contributed by atoms with E-state index in [4.69, 9.17) is 0 Å². The summed E-state index contributed by atoms with van der Waals surface area (Å²) in [4.78, 5) is 0. The highest BCUT2D eigenvalue weighted by atomic mass is 14.9. The van der Waals surface area contributed by atoms with E-state index in [-0.39, 0.29) is 0 Å². The fourth-order valence-electron chi connectivity index (χ4n) is 0.605. The average molecular weight is 140 g/mol. The molecule has 0 radical (unpaired) electrons. The highest BCUT2D eigenvalue weighted by Crippen LogP contribution is 1.93. The molecule has 0 amide bonds. The van der Waals surface area contributed by atoms with E-state index in [0.29, 0.717) is 0 Å². The van der Waals surface area contributed by atoms with Gasteiger partial charge in [0.1, 0.15) is 0 Å². The van der Waals surface area contributed by atoms with E-state index in [1.807, 2.05) is 34.0 Å². The van der Waals surface area contributed by atoms with Crippen LogP contribution in [0.15, 0.2) is 23.5 Å². The Balaban J connectivity index is 4.08. The second kappa shape index (κ2) is 4.91. The molecule has 2 nitrogen and oxygen atoms in total. The molecule has 0 saturated heterocycles. The minimum atomic E-state index is 1.13. The average Bonchev–Trinajstić information content (AvgIpc) is 1.99. The summed E-state index contributed by atoms with van der Waals surface area (Å²) in [5, 5.41) is 6.11. The Morgan fingerprint density at radius 2 is 1.80 bits per heavy atom. The summed E-state index contributed by atoms with van der Waals surface area (Å²) < 4.78 is 0. The van der Waals surface area contributed by atoms with Crippen LogP contribution in [0.2, 0.25) is 0 Å². The van der Waals surface area contributed by atoms with Crippen LogP contribution in [0.1, 0.15) is 13.8 Å². The van der Waals surface area contributed by atoms with Crippen LogP contribution in [-0.4, -0.2) is 14.1 Å². The molecule has 0 bridgehead atoms. The lowest BCUT2D eigenvalue weighted by atomic mass is 10.3. The Bertz CT molecular complexity index is 145. The largest absolute Gasteiger partial charge is 0.392 e. The standard InChI is InChI=1S/C8H16N2/c1-5-8(10-4)6-7(2)9-3/h5-6,9-10H,1-4H3/b7-6-,8-5-. The van der Waals surface area contributed by atoms with Crippen molar-refractivity contribution in [3.8, 4) is 0 Å². The maximum Gasteiger partial charge on any atom is 0.0311 e. The molecule has 2 heteroatoms. The summed E-state index contributed by atoms with van der Waals surface area (Å²) in [6, 6.07) is 0. The first-order valence-corrected chi connectivity index (χ1v) is 3.44. The Labute approximate surface area is 63.0 Å². The number of hydrogen-bond donors (Lipinski definition) is 2. The van der Waals surface area contributed by atoms with Gasteiger partial charge >= 0.3 is 0 Å². The molecule has 0 fully saturated rings. The smallest absolute Gasteiger partial charge is 0.0311 e. The number of nitrogens with one attached hydrogen (secondary N) is 2. The van der Waals surface area contributed by atoms with E-state index in [0.717, 1.165) is 11.4 Å². The number of allylic oxidation sites excluding steroid dienone is 3. The van der Waals surface area contributed by atoms with Crippen LogP contribution in [0.4, 0.5) is 0 Å². The molecular weight excluding hydrogens is 124 g/mol. The normalized spacial score (nSPS) is 13.2. The molecule has 0 heterocycles. The third-order valence-corrected chi connectivity index (χ3v) is 1.37. The van der Waals surface area contributed by atoms with Gasteiger partial charge in [0, 0.05) is 25.5 Å². The molecule has 0 aliphatic rings. The van der Waals surface area contributed by atoms with Gasteiger partial charge in [0.05, 0.1) is 0 Å². The lowest BCUT2D eigenvalue weighted by Gasteiger charge is -2.02. The zero-order chi connectivity index (χ0) is 7.98. The third-order valence-electron chi connectivity index (χ3n) is 1.37. The first-order valence-electron chi connectivity index (χ1n) is 3.44. The summed E-state index contributed by atoms with van der Waals surface area (Å²) >= 11 is 0. The minimum absolute atomic E-state index is 1.13. The SMILES string of the molecule is C/C=C(/C=C(/C)NC)NC. The predicted octanol–water partition coefficient (Wildman–Crippen LogP) is 1.23. The van der Waals surface area contributed by atoms with Gasteiger partial charge in [-0.1, -0.05) is 6.08 Å². The Hall–Kier alpha value is -0.920. The lowest BCUT2D eigenvalue weighted by Crippen LogP contribution is -2.07. The van der Waals surface area contributed by atoms with Crippen molar-refractivity contribution < 1.29 is 0 Å².